The van der Waals surface area contributed by atoms with Gasteiger partial charge in [0, 0.05) is 27.6 Å². The minimum absolute atomic E-state index is 0.131. The van der Waals surface area contributed by atoms with Crippen molar-refractivity contribution in [1.82, 2.24) is 0 Å². The van der Waals surface area contributed by atoms with E-state index in [4.69, 9.17) is 28.9 Å². The van der Waals surface area contributed by atoms with E-state index >= 15 is 0 Å². The molecule has 0 spiro atoms. The molecule has 0 saturated carbocycles. The summed E-state index contributed by atoms with van der Waals surface area (Å²) in [5, 5.41) is 0.668. The molecular formula is C7H13Cl2NS. The van der Waals surface area contributed by atoms with Crippen molar-refractivity contribution in [3.63, 3.8) is 0 Å². The van der Waals surface area contributed by atoms with Gasteiger partial charge in [0.15, 0.2) is 0 Å². The van der Waals surface area contributed by atoms with Crippen molar-refractivity contribution in [3.05, 3.63) is 10.6 Å². The summed E-state index contributed by atoms with van der Waals surface area (Å²) in [6.45, 7) is 3.97. The van der Waals surface area contributed by atoms with Crippen molar-refractivity contribution in [2.45, 2.75) is 19.4 Å². The quantitative estimate of drug-likeness (QED) is 0.778. The zero-order valence-corrected chi connectivity index (χ0v) is 9.06. The summed E-state index contributed by atoms with van der Waals surface area (Å²) < 4.78 is 0. The van der Waals surface area contributed by atoms with Gasteiger partial charge in [0.1, 0.15) is 0 Å². The molecule has 0 aromatic rings. The molecule has 1 nitrogen and oxygen atoms in total. The van der Waals surface area contributed by atoms with Crippen molar-refractivity contribution in [3.8, 4) is 0 Å². The smallest absolute Gasteiger partial charge is 0.0392 e. The summed E-state index contributed by atoms with van der Waals surface area (Å²) in [4.78, 5) is 0. The molecule has 0 rings (SSSR count). The Hall–Kier alpha value is 0.630. The molecule has 0 aliphatic rings. The second-order valence-corrected chi connectivity index (χ2v) is 4.73. The zero-order valence-electron chi connectivity index (χ0n) is 6.73. The Labute approximate surface area is 82.3 Å². The molecule has 0 unspecified atom stereocenters. The molecule has 0 amide bonds. The summed E-state index contributed by atoms with van der Waals surface area (Å²) in [6.07, 6.45) is 0. The fourth-order valence-corrected chi connectivity index (χ4v) is 1.75. The van der Waals surface area contributed by atoms with Crippen LogP contribution in [0.2, 0.25) is 0 Å². The Bertz CT molecular complexity index is 140. The van der Waals surface area contributed by atoms with E-state index in [9.17, 15) is 0 Å². The first-order chi connectivity index (χ1) is 4.95. The summed E-state index contributed by atoms with van der Waals surface area (Å²) in [5.74, 6) is 1.62. The Kier molecular flexibility index (Phi) is 5.61. The summed E-state index contributed by atoms with van der Waals surface area (Å²) in [5.41, 5.74) is 7.00. The van der Waals surface area contributed by atoms with Crippen LogP contribution in [0.4, 0.5) is 0 Å². The molecule has 0 aliphatic heterocycles. The largest absolute Gasteiger partial charge is 0.325 e. The third-order valence-corrected chi connectivity index (χ3v) is 3.07. The number of thioether (sulfide) groups is 1. The predicted molar refractivity (Wildman–Crippen MR) is 55.4 cm³/mol. The first-order valence-corrected chi connectivity index (χ1v) is 5.24. The van der Waals surface area contributed by atoms with E-state index in [1.54, 1.807) is 11.8 Å². The lowest BCUT2D eigenvalue weighted by atomic mass is 10.1. The third kappa shape index (κ3) is 8.54. The van der Waals surface area contributed by atoms with Gasteiger partial charge < -0.3 is 5.73 Å². The topological polar surface area (TPSA) is 26.0 Å². The second kappa shape index (κ2) is 5.31. The van der Waals surface area contributed by atoms with Crippen LogP contribution >= 0.6 is 35.0 Å². The van der Waals surface area contributed by atoms with E-state index in [2.05, 4.69) is 0 Å². The van der Waals surface area contributed by atoms with Crippen molar-refractivity contribution >= 4 is 35.0 Å². The minimum Gasteiger partial charge on any atom is -0.325 e. The highest BCUT2D eigenvalue weighted by Crippen LogP contribution is 2.16. The van der Waals surface area contributed by atoms with Gasteiger partial charge in [-0.15, -0.1) is 0 Å². The van der Waals surface area contributed by atoms with Crippen molar-refractivity contribution in [1.29, 1.82) is 0 Å². The van der Waals surface area contributed by atoms with Gasteiger partial charge in [-0.05, 0) is 13.8 Å². The van der Waals surface area contributed by atoms with Gasteiger partial charge in [0.2, 0.25) is 0 Å². The fourth-order valence-electron chi connectivity index (χ4n) is 0.443. The normalized spacial score (nSPS) is 13.7. The Morgan fingerprint density at radius 3 is 2.55 bits per heavy atom. The number of hydrogen-bond donors (Lipinski definition) is 1. The molecule has 0 aromatic carbocycles. The molecule has 2 N–H and O–H groups in total. The minimum atomic E-state index is -0.131. The monoisotopic (exact) mass is 213 g/mol. The molecule has 0 fully saturated rings. The lowest BCUT2D eigenvalue weighted by molar-refractivity contribution is 0.591. The van der Waals surface area contributed by atoms with Gasteiger partial charge in [-0.1, -0.05) is 23.2 Å². The van der Waals surface area contributed by atoms with Crippen LogP contribution in [0.25, 0.3) is 0 Å². The highest BCUT2D eigenvalue weighted by atomic mass is 35.5. The second-order valence-electron chi connectivity index (χ2n) is 3.04. The molecule has 0 heterocycles. The van der Waals surface area contributed by atoms with Crippen LogP contribution in [0.3, 0.4) is 0 Å². The molecule has 66 valence electrons. The molecule has 0 aliphatic carbocycles. The summed E-state index contributed by atoms with van der Waals surface area (Å²) in [6, 6.07) is 0. The van der Waals surface area contributed by atoms with E-state index in [-0.39, 0.29) is 5.54 Å². The average Bonchev–Trinajstić information content (AvgIpc) is 1.85. The molecule has 11 heavy (non-hydrogen) atoms. The fraction of sp³-hybridized carbons (Fsp3) is 0.714. The van der Waals surface area contributed by atoms with Gasteiger partial charge in [-0.25, -0.2) is 0 Å². The molecule has 0 bridgehead atoms. The van der Waals surface area contributed by atoms with E-state index in [1.165, 1.54) is 5.54 Å². The van der Waals surface area contributed by atoms with Crippen LogP contribution in [0.1, 0.15) is 13.8 Å². The molecular weight excluding hydrogens is 201 g/mol. The number of hydrogen-bond acceptors (Lipinski definition) is 2. The SMILES string of the molecule is CC(C)(N)CSCC(Cl)=CCl. The first-order valence-electron chi connectivity index (χ1n) is 3.27. The van der Waals surface area contributed by atoms with Gasteiger partial charge in [0.05, 0.1) is 0 Å². The molecule has 4 heteroatoms. The van der Waals surface area contributed by atoms with Crippen LogP contribution in [-0.2, 0) is 0 Å². The number of halogens is 2. The lowest BCUT2D eigenvalue weighted by Crippen LogP contribution is -2.34. The van der Waals surface area contributed by atoms with Crippen molar-refractivity contribution in [2.75, 3.05) is 11.5 Å². The summed E-state index contributed by atoms with van der Waals surface area (Å²) in [7, 11) is 0. The van der Waals surface area contributed by atoms with Gasteiger partial charge in [-0.3, -0.25) is 0 Å². The van der Waals surface area contributed by atoms with E-state index in [0.29, 0.717) is 5.03 Å². The van der Waals surface area contributed by atoms with Gasteiger partial charge >= 0.3 is 0 Å². The van der Waals surface area contributed by atoms with E-state index < -0.39 is 0 Å². The highest BCUT2D eigenvalue weighted by molar-refractivity contribution is 7.99. The van der Waals surface area contributed by atoms with Gasteiger partial charge in [0.25, 0.3) is 0 Å². The molecule has 0 aromatic heterocycles. The maximum atomic E-state index is 5.75. The lowest BCUT2D eigenvalue weighted by Gasteiger charge is -2.16. The van der Waals surface area contributed by atoms with E-state index in [1.807, 2.05) is 13.8 Å². The number of nitrogens with two attached hydrogens (primary N) is 1. The Morgan fingerprint density at radius 2 is 2.18 bits per heavy atom. The van der Waals surface area contributed by atoms with E-state index in [0.717, 1.165) is 11.5 Å². The average molecular weight is 214 g/mol. The van der Waals surface area contributed by atoms with Gasteiger partial charge in [-0.2, -0.15) is 11.8 Å². The first kappa shape index (κ1) is 11.6. The standard InChI is InChI=1S/C7H13Cl2NS/c1-7(2,10)5-11-4-6(9)3-8/h3H,4-5,10H2,1-2H3. The predicted octanol–water partition coefficient (Wildman–Crippen LogP) is 2.78. The third-order valence-electron chi connectivity index (χ3n) is 0.832. The van der Waals surface area contributed by atoms with Crippen molar-refractivity contribution in [2.24, 2.45) is 5.73 Å². The Balaban J connectivity index is 3.43. The van der Waals surface area contributed by atoms with Crippen LogP contribution in [0.5, 0.6) is 0 Å². The molecule has 0 radical (unpaired) electrons. The van der Waals surface area contributed by atoms with Crippen LogP contribution in [0.15, 0.2) is 10.6 Å². The molecule has 0 saturated heterocycles. The molecule has 0 atom stereocenters. The Morgan fingerprint density at radius 1 is 1.64 bits per heavy atom. The summed E-state index contributed by atoms with van der Waals surface area (Å²) >= 11 is 12.7. The zero-order chi connectivity index (χ0) is 8.91. The van der Waals surface area contributed by atoms with Crippen LogP contribution in [0, 0.1) is 0 Å². The van der Waals surface area contributed by atoms with Crippen LogP contribution < -0.4 is 5.73 Å². The maximum absolute atomic E-state index is 5.75. The van der Waals surface area contributed by atoms with Crippen LogP contribution in [-0.4, -0.2) is 17.0 Å². The number of rotatable bonds is 4. The van der Waals surface area contributed by atoms with Crippen molar-refractivity contribution < 1.29 is 0 Å². The maximum Gasteiger partial charge on any atom is 0.0392 e. The highest BCUT2D eigenvalue weighted by Gasteiger charge is 2.09.